The van der Waals surface area contributed by atoms with Crippen LogP contribution in [-0.2, 0) is 6.42 Å². The Labute approximate surface area is 143 Å². The second-order valence-electron chi connectivity index (χ2n) is 5.29. The Morgan fingerprint density at radius 1 is 1.04 bits per heavy atom. The lowest BCUT2D eigenvalue weighted by atomic mass is 10.1. The van der Waals surface area contributed by atoms with Gasteiger partial charge in [-0.05, 0) is 47.9 Å². The van der Waals surface area contributed by atoms with E-state index in [0.29, 0.717) is 5.82 Å². The minimum atomic E-state index is -0.622. The molecule has 0 aliphatic rings. The lowest BCUT2D eigenvalue weighted by Crippen LogP contribution is -1.99. The van der Waals surface area contributed by atoms with Crippen LogP contribution in [0.1, 0.15) is 16.8 Å². The highest BCUT2D eigenvalue weighted by Crippen LogP contribution is 2.21. The Kier molecular flexibility index (Phi) is 4.62. The van der Waals surface area contributed by atoms with Gasteiger partial charge in [0.2, 0.25) is 5.69 Å². The van der Waals surface area contributed by atoms with Gasteiger partial charge in [0.25, 0.3) is 0 Å². The molecule has 0 aliphatic heterocycles. The second-order valence-corrected chi connectivity index (χ2v) is 5.29. The van der Waals surface area contributed by atoms with Gasteiger partial charge in [-0.3, -0.25) is 15.1 Å². The lowest BCUT2D eigenvalue weighted by molar-refractivity contribution is -0.385. The molecule has 0 aliphatic carbocycles. The molecule has 7 nitrogen and oxygen atoms in total. The van der Waals surface area contributed by atoms with Crippen LogP contribution in [0.2, 0.25) is 0 Å². The zero-order chi connectivity index (χ0) is 17.6. The second kappa shape index (κ2) is 7.19. The van der Waals surface area contributed by atoms with Gasteiger partial charge in [-0.1, -0.05) is 12.1 Å². The Morgan fingerprint density at radius 2 is 1.72 bits per heavy atom. The Morgan fingerprint density at radius 3 is 2.36 bits per heavy atom. The number of nitrogens with zero attached hydrogens (tertiary/aromatic N) is 4. The average Bonchev–Trinajstić information content (AvgIpc) is 2.64. The van der Waals surface area contributed by atoms with E-state index in [9.17, 15) is 10.1 Å². The number of rotatable bonds is 5. The first-order chi connectivity index (χ1) is 12.2. The maximum absolute atomic E-state index is 10.8. The molecule has 0 unspecified atom stereocenters. The van der Waals surface area contributed by atoms with Crippen LogP contribution in [0, 0.1) is 21.4 Å². The standard InChI is InChI=1S/C18H13N5O2/c19-12-16-17(23(24)25)5-6-18(22-16)21-15-3-1-13(2-4-15)11-14-7-9-20-10-8-14/h1-10H,11H2,(H,21,22). The summed E-state index contributed by atoms with van der Waals surface area (Å²) in [4.78, 5) is 18.2. The van der Waals surface area contributed by atoms with E-state index in [1.807, 2.05) is 36.4 Å². The van der Waals surface area contributed by atoms with Crippen LogP contribution < -0.4 is 5.32 Å². The molecule has 3 aromatic rings. The molecule has 0 bridgehead atoms. The smallest absolute Gasteiger partial charge is 0.305 e. The number of hydrogen-bond donors (Lipinski definition) is 1. The molecule has 0 radical (unpaired) electrons. The summed E-state index contributed by atoms with van der Waals surface area (Å²) in [5.41, 5.74) is 2.58. The van der Waals surface area contributed by atoms with Crippen molar-refractivity contribution in [1.29, 1.82) is 5.26 Å². The summed E-state index contributed by atoms with van der Waals surface area (Å²) in [6.45, 7) is 0. The first-order valence-corrected chi connectivity index (χ1v) is 7.46. The van der Waals surface area contributed by atoms with Crippen molar-refractivity contribution in [3.63, 3.8) is 0 Å². The molecule has 0 saturated carbocycles. The number of aromatic nitrogens is 2. The van der Waals surface area contributed by atoms with Crippen LogP contribution in [0.15, 0.2) is 60.9 Å². The fourth-order valence-electron chi connectivity index (χ4n) is 2.34. The highest BCUT2D eigenvalue weighted by atomic mass is 16.6. The van der Waals surface area contributed by atoms with E-state index in [1.54, 1.807) is 18.5 Å². The van der Waals surface area contributed by atoms with Gasteiger partial charge in [0, 0.05) is 24.1 Å². The van der Waals surface area contributed by atoms with Crippen LogP contribution >= 0.6 is 0 Å². The van der Waals surface area contributed by atoms with Crippen LogP contribution in [0.25, 0.3) is 0 Å². The molecule has 3 rings (SSSR count). The quantitative estimate of drug-likeness (QED) is 0.566. The maximum atomic E-state index is 10.8. The number of nitro groups is 1. The number of benzene rings is 1. The van der Waals surface area contributed by atoms with Gasteiger partial charge in [0.05, 0.1) is 4.92 Å². The molecule has 0 amide bonds. The van der Waals surface area contributed by atoms with Gasteiger partial charge in [-0.2, -0.15) is 5.26 Å². The number of pyridine rings is 2. The minimum Gasteiger partial charge on any atom is -0.340 e. The summed E-state index contributed by atoms with van der Waals surface area (Å²) in [5.74, 6) is 0.379. The van der Waals surface area contributed by atoms with Crippen molar-refractivity contribution in [2.24, 2.45) is 0 Å². The van der Waals surface area contributed by atoms with Crippen LogP contribution in [0.5, 0.6) is 0 Å². The van der Waals surface area contributed by atoms with Crippen LogP contribution in [-0.4, -0.2) is 14.9 Å². The summed E-state index contributed by atoms with van der Waals surface area (Å²) < 4.78 is 0. The summed E-state index contributed by atoms with van der Waals surface area (Å²) in [5, 5.41) is 22.9. The molecule has 0 spiro atoms. The zero-order valence-electron chi connectivity index (χ0n) is 13.1. The largest absolute Gasteiger partial charge is 0.340 e. The van der Waals surface area contributed by atoms with Crippen molar-refractivity contribution < 1.29 is 4.92 Å². The molecule has 2 aromatic heterocycles. The number of anilines is 2. The summed E-state index contributed by atoms with van der Waals surface area (Å²) in [7, 11) is 0. The van der Waals surface area contributed by atoms with Gasteiger partial charge in [-0.15, -0.1) is 0 Å². The average molecular weight is 331 g/mol. The van der Waals surface area contributed by atoms with Gasteiger partial charge in [-0.25, -0.2) is 4.98 Å². The van der Waals surface area contributed by atoms with Crippen molar-refractivity contribution in [2.75, 3.05) is 5.32 Å². The molecule has 25 heavy (non-hydrogen) atoms. The molecule has 1 N–H and O–H groups in total. The van der Waals surface area contributed by atoms with Crippen LogP contribution in [0.4, 0.5) is 17.2 Å². The third-order valence-corrected chi connectivity index (χ3v) is 3.56. The normalized spacial score (nSPS) is 10.0. The zero-order valence-corrected chi connectivity index (χ0v) is 13.1. The predicted octanol–water partition coefficient (Wildman–Crippen LogP) is 3.59. The van der Waals surface area contributed by atoms with E-state index < -0.39 is 4.92 Å². The molecule has 122 valence electrons. The molecule has 2 heterocycles. The monoisotopic (exact) mass is 331 g/mol. The molecular formula is C18H13N5O2. The Bertz CT molecular complexity index is 934. The maximum Gasteiger partial charge on any atom is 0.305 e. The lowest BCUT2D eigenvalue weighted by Gasteiger charge is -2.07. The first-order valence-electron chi connectivity index (χ1n) is 7.46. The third kappa shape index (κ3) is 3.95. The predicted molar refractivity (Wildman–Crippen MR) is 92.4 cm³/mol. The highest BCUT2D eigenvalue weighted by molar-refractivity contribution is 5.59. The molecule has 0 atom stereocenters. The number of hydrogen-bond acceptors (Lipinski definition) is 6. The van der Waals surface area contributed by atoms with E-state index in [-0.39, 0.29) is 11.4 Å². The summed E-state index contributed by atoms with van der Waals surface area (Å²) in [6.07, 6.45) is 4.33. The number of nitrogens with one attached hydrogen (secondary N) is 1. The van der Waals surface area contributed by atoms with Gasteiger partial charge < -0.3 is 5.32 Å². The fourth-order valence-corrected chi connectivity index (χ4v) is 2.34. The van der Waals surface area contributed by atoms with E-state index in [2.05, 4.69) is 15.3 Å². The van der Waals surface area contributed by atoms with Crippen molar-refractivity contribution in [1.82, 2.24) is 9.97 Å². The molecule has 1 aromatic carbocycles. The Hall–Kier alpha value is -3.79. The van der Waals surface area contributed by atoms with Crippen molar-refractivity contribution in [3.8, 4) is 6.07 Å². The molecule has 0 fully saturated rings. The van der Waals surface area contributed by atoms with E-state index in [0.717, 1.165) is 17.7 Å². The van der Waals surface area contributed by atoms with E-state index >= 15 is 0 Å². The third-order valence-electron chi connectivity index (χ3n) is 3.56. The number of nitriles is 1. The molecule has 7 heteroatoms. The van der Waals surface area contributed by atoms with Crippen molar-refractivity contribution in [2.45, 2.75) is 6.42 Å². The van der Waals surface area contributed by atoms with E-state index in [4.69, 9.17) is 5.26 Å². The topological polar surface area (TPSA) is 105 Å². The van der Waals surface area contributed by atoms with Crippen molar-refractivity contribution in [3.05, 3.63) is 87.9 Å². The fraction of sp³-hybridized carbons (Fsp3) is 0.0556. The van der Waals surface area contributed by atoms with E-state index in [1.165, 1.54) is 17.7 Å². The van der Waals surface area contributed by atoms with Crippen molar-refractivity contribution >= 4 is 17.2 Å². The SMILES string of the molecule is N#Cc1nc(Nc2ccc(Cc3ccncc3)cc2)ccc1[N+](=O)[O-]. The summed E-state index contributed by atoms with van der Waals surface area (Å²) in [6, 6.07) is 16.2. The first kappa shape index (κ1) is 16.1. The minimum absolute atomic E-state index is 0.218. The van der Waals surface area contributed by atoms with Gasteiger partial charge >= 0.3 is 5.69 Å². The van der Waals surface area contributed by atoms with Crippen LogP contribution in [0.3, 0.4) is 0 Å². The molecule has 0 saturated heterocycles. The highest BCUT2D eigenvalue weighted by Gasteiger charge is 2.15. The Balaban J connectivity index is 1.73. The van der Waals surface area contributed by atoms with Gasteiger partial charge in [0.15, 0.2) is 0 Å². The molecular weight excluding hydrogens is 318 g/mol. The summed E-state index contributed by atoms with van der Waals surface area (Å²) >= 11 is 0. The van der Waals surface area contributed by atoms with Gasteiger partial charge in [0.1, 0.15) is 11.9 Å².